The van der Waals surface area contributed by atoms with Gasteiger partial charge in [-0.05, 0) is 41.6 Å². The molecule has 0 radical (unpaired) electrons. The molecule has 1 atom stereocenters. The first-order chi connectivity index (χ1) is 11.9. The Bertz CT molecular complexity index is 861. The highest BCUT2D eigenvalue weighted by Gasteiger charge is 2.32. The summed E-state index contributed by atoms with van der Waals surface area (Å²) in [5.41, 5.74) is 2.04. The number of hydrogen-bond acceptors (Lipinski definition) is 5. The molecule has 1 heterocycles. The summed E-state index contributed by atoms with van der Waals surface area (Å²) in [5.74, 6) is 0.576. The summed E-state index contributed by atoms with van der Waals surface area (Å²) >= 11 is 3.32. The molecule has 0 bridgehead atoms. The van der Waals surface area contributed by atoms with Crippen molar-refractivity contribution in [1.82, 2.24) is 4.90 Å². The van der Waals surface area contributed by atoms with Gasteiger partial charge in [-0.1, -0.05) is 24.3 Å². The lowest BCUT2D eigenvalue weighted by Crippen LogP contribution is -2.27. The van der Waals surface area contributed by atoms with Crippen LogP contribution in [0.1, 0.15) is 16.5 Å². The molecule has 1 amide bonds. The van der Waals surface area contributed by atoms with Crippen molar-refractivity contribution in [3.8, 4) is 0 Å². The number of thioether (sulfide) groups is 2. The van der Waals surface area contributed by atoms with Crippen LogP contribution < -0.4 is 0 Å². The number of nitrogens with zero attached hydrogens (tertiary/aromatic N) is 1. The minimum atomic E-state index is -3.20. The van der Waals surface area contributed by atoms with Gasteiger partial charge in [-0.2, -0.15) is 0 Å². The van der Waals surface area contributed by atoms with Crippen LogP contribution in [0.4, 0.5) is 0 Å². The van der Waals surface area contributed by atoms with E-state index in [9.17, 15) is 13.2 Å². The van der Waals surface area contributed by atoms with E-state index in [0.29, 0.717) is 17.2 Å². The summed E-state index contributed by atoms with van der Waals surface area (Å²) in [4.78, 5) is 15.7. The molecule has 0 saturated carbocycles. The van der Waals surface area contributed by atoms with Gasteiger partial charge in [-0.3, -0.25) is 4.79 Å². The molecule has 2 aromatic carbocycles. The fraction of sp³-hybridized carbons (Fsp3) is 0.278. The maximum absolute atomic E-state index is 12.3. The van der Waals surface area contributed by atoms with Crippen LogP contribution in [0, 0.1) is 0 Å². The third kappa shape index (κ3) is 4.22. The first-order valence-electron chi connectivity index (χ1n) is 7.72. The molecular formula is C18H19NO3S3. The second kappa shape index (κ2) is 7.43. The van der Waals surface area contributed by atoms with Crippen LogP contribution in [-0.4, -0.2) is 37.5 Å². The van der Waals surface area contributed by atoms with E-state index in [0.717, 1.165) is 11.1 Å². The lowest BCUT2D eigenvalue weighted by atomic mass is 10.1. The molecule has 2 aromatic rings. The predicted molar refractivity (Wildman–Crippen MR) is 104 cm³/mol. The highest BCUT2D eigenvalue weighted by atomic mass is 32.2. The van der Waals surface area contributed by atoms with Crippen molar-refractivity contribution in [3.05, 3.63) is 59.7 Å². The Hall–Kier alpha value is -1.44. The standard InChI is InChI=1S/C18H19NO3S3/c1-23-15-7-5-14(6-8-15)18-19(17(20)12-24-18)11-13-3-9-16(10-4-13)25(2,21)22/h3-10,18H,11-12H2,1-2H3. The molecule has 0 spiro atoms. The van der Waals surface area contributed by atoms with Gasteiger partial charge in [0.25, 0.3) is 0 Å². The monoisotopic (exact) mass is 393 g/mol. The van der Waals surface area contributed by atoms with Gasteiger partial charge in [0.05, 0.1) is 10.6 Å². The molecule has 0 N–H and O–H groups in total. The second-order valence-electron chi connectivity index (χ2n) is 5.87. The average Bonchev–Trinajstić information content (AvgIpc) is 2.95. The van der Waals surface area contributed by atoms with E-state index < -0.39 is 9.84 Å². The highest BCUT2D eigenvalue weighted by molar-refractivity contribution is 8.00. The van der Waals surface area contributed by atoms with Gasteiger partial charge >= 0.3 is 0 Å². The van der Waals surface area contributed by atoms with E-state index in [1.54, 1.807) is 47.8 Å². The first-order valence-corrected chi connectivity index (χ1v) is 11.9. The zero-order valence-electron chi connectivity index (χ0n) is 14.0. The van der Waals surface area contributed by atoms with Crippen LogP contribution in [0.25, 0.3) is 0 Å². The lowest BCUT2D eigenvalue weighted by molar-refractivity contribution is -0.128. The molecule has 1 aliphatic heterocycles. The van der Waals surface area contributed by atoms with Gasteiger partial charge in [-0.25, -0.2) is 8.42 Å². The minimum absolute atomic E-state index is 0.00186. The van der Waals surface area contributed by atoms with E-state index in [1.807, 2.05) is 11.2 Å². The van der Waals surface area contributed by atoms with Crippen LogP contribution in [-0.2, 0) is 21.2 Å². The summed E-state index contributed by atoms with van der Waals surface area (Å²) in [6, 6.07) is 15.0. The summed E-state index contributed by atoms with van der Waals surface area (Å²) in [7, 11) is -3.20. The smallest absolute Gasteiger partial charge is 0.234 e. The normalized spacial score (nSPS) is 17.9. The molecule has 1 saturated heterocycles. The van der Waals surface area contributed by atoms with Gasteiger partial charge in [0, 0.05) is 17.7 Å². The van der Waals surface area contributed by atoms with Crippen molar-refractivity contribution in [2.24, 2.45) is 0 Å². The van der Waals surface area contributed by atoms with Gasteiger partial charge < -0.3 is 4.90 Å². The largest absolute Gasteiger partial charge is 0.322 e. The van der Waals surface area contributed by atoms with Gasteiger partial charge in [-0.15, -0.1) is 23.5 Å². The molecule has 25 heavy (non-hydrogen) atoms. The summed E-state index contributed by atoms with van der Waals surface area (Å²) < 4.78 is 23.1. The van der Waals surface area contributed by atoms with Crippen molar-refractivity contribution in [1.29, 1.82) is 0 Å². The topological polar surface area (TPSA) is 54.5 Å². The third-order valence-corrected chi connectivity index (χ3v) is 7.20. The number of amides is 1. The Morgan fingerprint density at radius 2 is 1.76 bits per heavy atom. The van der Waals surface area contributed by atoms with E-state index in [-0.39, 0.29) is 11.3 Å². The number of benzene rings is 2. The molecular weight excluding hydrogens is 374 g/mol. The van der Waals surface area contributed by atoms with Crippen LogP contribution in [0.5, 0.6) is 0 Å². The Morgan fingerprint density at radius 3 is 2.32 bits per heavy atom. The number of carbonyl (C=O) groups excluding carboxylic acids is 1. The third-order valence-electron chi connectivity index (χ3n) is 4.07. The molecule has 0 aliphatic carbocycles. The first kappa shape index (κ1) is 18.4. The molecule has 1 unspecified atom stereocenters. The van der Waals surface area contributed by atoms with Crippen molar-refractivity contribution in [2.45, 2.75) is 21.7 Å². The number of rotatable bonds is 5. The maximum atomic E-state index is 12.3. The van der Waals surface area contributed by atoms with Crippen molar-refractivity contribution in [2.75, 3.05) is 18.3 Å². The fourth-order valence-corrected chi connectivity index (χ4v) is 4.94. The van der Waals surface area contributed by atoms with Crippen molar-refractivity contribution in [3.63, 3.8) is 0 Å². The summed E-state index contributed by atoms with van der Waals surface area (Å²) in [6.07, 6.45) is 3.23. The second-order valence-corrected chi connectivity index (χ2v) is 9.84. The van der Waals surface area contributed by atoms with Gasteiger partial charge in [0.1, 0.15) is 5.37 Å². The molecule has 1 aliphatic rings. The van der Waals surface area contributed by atoms with Crippen LogP contribution in [0.15, 0.2) is 58.3 Å². The Labute approximate surface area is 156 Å². The summed E-state index contributed by atoms with van der Waals surface area (Å²) in [6.45, 7) is 0.477. The van der Waals surface area contributed by atoms with Crippen LogP contribution >= 0.6 is 23.5 Å². The summed E-state index contributed by atoms with van der Waals surface area (Å²) in [5, 5.41) is -0.00186. The SMILES string of the molecule is CSc1ccc(C2SCC(=O)N2Cc2ccc(S(C)(=O)=O)cc2)cc1. The van der Waals surface area contributed by atoms with Crippen molar-refractivity contribution < 1.29 is 13.2 Å². The van der Waals surface area contributed by atoms with Crippen molar-refractivity contribution >= 4 is 39.3 Å². The zero-order valence-corrected chi connectivity index (χ0v) is 16.5. The van der Waals surface area contributed by atoms with Gasteiger partial charge in [0.15, 0.2) is 9.84 Å². The van der Waals surface area contributed by atoms with E-state index >= 15 is 0 Å². The molecule has 132 valence electrons. The quantitative estimate of drug-likeness (QED) is 0.727. The van der Waals surface area contributed by atoms with E-state index in [2.05, 4.69) is 24.3 Å². The van der Waals surface area contributed by atoms with E-state index in [4.69, 9.17) is 0 Å². The maximum Gasteiger partial charge on any atom is 0.234 e. The average molecular weight is 394 g/mol. The van der Waals surface area contributed by atoms with Gasteiger partial charge in [0.2, 0.25) is 5.91 Å². The molecule has 7 heteroatoms. The molecule has 1 fully saturated rings. The highest BCUT2D eigenvalue weighted by Crippen LogP contribution is 2.40. The lowest BCUT2D eigenvalue weighted by Gasteiger charge is -2.24. The zero-order chi connectivity index (χ0) is 18.0. The Balaban J connectivity index is 1.80. The van der Waals surface area contributed by atoms with Crippen LogP contribution in [0.3, 0.4) is 0 Å². The molecule has 4 nitrogen and oxygen atoms in total. The van der Waals surface area contributed by atoms with E-state index in [1.165, 1.54) is 11.2 Å². The number of sulfone groups is 1. The molecule has 3 rings (SSSR count). The number of carbonyl (C=O) groups is 1. The molecule has 0 aromatic heterocycles. The van der Waals surface area contributed by atoms with Crippen LogP contribution in [0.2, 0.25) is 0 Å². The fourth-order valence-electron chi connectivity index (χ4n) is 2.71. The Morgan fingerprint density at radius 1 is 1.12 bits per heavy atom. The Kier molecular flexibility index (Phi) is 5.46. The minimum Gasteiger partial charge on any atom is -0.322 e. The predicted octanol–water partition coefficient (Wildman–Crippen LogP) is 3.59. The number of hydrogen-bond donors (Lipinski definition) is 0.